The molecular weight excluding hydrogens is 367 g/mol. The second-order valence-corrected chi connectivity index (χ2v) is 5.72. The van der Waals surface area contributed by atoms with Gasteiger partial charge in [-0.15, -0.1) is 0 Å². The van der Waals surface area contributed by atoms with Crippen molar-refractivity contribution in [3.63, 3.8) is 0 Å². The molecule has 0 bridgehead atoms. The summed E-state index contributed by atoms with van der Waals surface area (Å²) in [4.78, 5) is 0. The molecule has 1 unspecified atom stereocenters. The highest BCUT2D eigenvalue weighted by Crippen LogP contribution is 2.34. The van der Waals surface area contributed by atoms with Crippen molar-refractivity contribution in [2.24, 2.45) is 0 Å². The number of furan rings is 1. The van der Waals surface area contributed by atoms with Gasteiger partial charge in [0.15, 0.2) is 4.67 Å². The molecule has 0 radical (unpaired) electrons. The van der Waals surface area contributed by atoms with Crippen LogP contribution in [0.25, 0.3) is 0 Å². The van der Waals surface area contributed by atoms with Crippen LogP contribution in [0.4, 0.5) is 4.39 Å². The minimum atomic E-state index is -1.12. The molecule has 0 fully saturated rings. The van der Waals surface area contributed by atoms with E-state index in [4.69, 9.17) is 4.42 Å². The second-order valence-electron chi connectivity index (χ2n) is 4.15. The van der Waals surface area contributed by atoms with Crippen LogP contribution in [0, 0.1) is 19.7 Å². The highest BCUT2D eigenvalue weighted by Gasteiger charge is 2.22. The zero-order chi connectivity index (χ0) is 13.4. The molecule has 1 heterocycles. The summed E-state index contributed by atoms with van der Waals surface area (Å²) in [6, 6.07) is 4.85. The molecule has 18 heavy (non-hydrogen) atoms. The lowest BCUT2D eigenvalue weighted by Crippen LogP contribution is -2.04. The maximum Gasteiger partial charge on any atom is 0.183 e. The van der Waals surface area contributed by atoms with Gasteiger partial charge in [-0.05, 0) is 69.0 Å². The van der Waals surface area contributed by atoms with Gasteiger partial charge in [0.2, 0.25) is 0 Å². The van der Waals surface area contributed by atoms with Gasteiger partial charge in [0.05, 0.1) is 4.47 Å². The Kier molecular flexibility index (Phi) is 3.94. The van der Waals surface area contributed by atoms with Crippen molar-refractivity contribution in [3.8, 4) is 0 Å². The topological polar surface area (TPSA) is 33.4 Å². The second kappa shape index (κ2) is 5.15. The molecule has 1 aromatic heterocycles. The van der Waals surface area contributed by atoms with E-state index < -0.39 is 11.9 Å². The van der Waals surface area contributed by atoms with E-state index in [1.165, 1.54) is 6.07 Å². The first-order valence-electron chi connectivity index (χ1n) is 5.29. The Morgan fingerprint density at radius 1 is 1.22 bits per heavy atom. The van der Waals surface area contributed by atoms with Crippen LogP contribution in [-0.4, -0.2) is 5.11 Å². The van der Waals surface area contributed by atoms with Gasteiger partial charge in [-0.25, -0.2) is 4.39 Å². The first kappa shape index (κ1) is 13.8. The molecule has 2 nitrogen and oxygen atoms in total. The molecule has 1 aromatic carbocycles. The standard InChI is InChI=1S/C13H11Br2FO2/c1-6-3-7(2)11(9(16)4-6)12(17)10-5-8(14)13(15)18-10/h3-5,12,17H,1-2H3. The lowest BCUT2D eigenvalue weighted by Gasteiger charge is -2.13. The Hall–Kier alpha value is -0.650. The summed E-state index contributed by atoms with van der Waals surface area (Å²) in [5.74, 6) is -0.136. The number of halogens is 3. The largest absolute Gasteiger partial charge is 0.450 e. The van der Waals surface area contributed by atoms with Crippen molar-refractivity contribution in [2.45, 2.75) is 20.0 Å². The fourth-order valence-electron chi connectivity index (χ4n) is 1.91. The third-order valence-electron chi connectivity index (χ3n) is 2.69. The Bertz CT molecular complexity index is 550. The van der Waals surface area contributed by atoms with Crippen LogP contribution >= 0.6 is 31.9 Å². The minimum Gasteiger partial charge on any atom is -0.450 e. The normalized spacial score (nSPS) is 12.8. The summed E-state index contributed by atoms with van der Waals surface area (Å²) >= 11 is 6.45. The highest BCUT2D eigenvalue weighted by atomic mass is 79.9. The number of hydrogen-bond acceptors (Lipinski definition) is 2. The summed E-state index contributed by atoms with van der Waals surface area (Å²) in [6.45, 7) is 3.58. The van der Waals surface area contributed by atoms with Crippen LogP contribution in [0.1, 0.15) is 28.6 Å². The minimum absolute atomic E-state index is 0.245. The average molecular weight is 378 g/mol. The Morgan fingerprint density at radius 2 is 1.89 bits per heavy atom. The first-order valence-corrected chi connectivity index (χ1v) is 6.88. The van der Waals surface area contributed by atoms with Gasteiger partial charge in [-0.1, -0.05) is 6.07 Å². The SMILES string of the molecule is Cc1cc(C)c(C(O)c2cc(Br)c(Br)o2)c(F)c1. The van der Waals surface area contributed by atoms with Crippen molar-refractivity contribution in [2.75, 3.05) is 0 Å². The third-order valence-corrected chi connectivity index (χ3v) is 4.40. The number of hydrogen-bond donors (Lipinski definition) is 1. The van der Waals surface area contributed by atoms with Gasteiger partial charge in [-0.2, -0.15) is 0 Å². The molecule has 0 aliphatic rings. The lowest BCUT2D eigenvalue weighted by molar-refractivity contribution is 0.182. The number of aliphatic hydroxyl groups is 1. The summed E-state index contributed by atoms with van der Waals surface area (Å²) in [6.07, 6.45) is -1.12. The van der Waals surface area contributed by atoms with E-state index in [0.29, 0.717) is 20.5 Å². The molecule has 5 heteroatoms. The zero-order valence-electron chi connectivity index (χ0n) is 9.80. The van der Waals surface area contributed by atoms with Gasteiger partial charge < -0.3 is 9.52 Å². The quantitative estimate of drug-likeness (QED) is 0.826. The van der Waals surface area contributed by atoms with E-state index >= 15 is 0 Å². The van der Waals surface area contributed by atoms with E-state index in [2.05, 4.69) is 31.9 Å². The maximum absolute atomic E-state index is 13.9. The third kappa shape index (κ3) is 2.53. The van der Waals surface area contributed by atoms with Crippen molar-refractivity contribution in [1.82, 2.24) is 0 Å². The Labute approximate surface area is 121 Å². The molecule has 0 saturated heterocycles. The molecule has 0 aliphatic carbocycles. The Balaban J connectivity index is 2.49. The predicted octanol–water partition coefficient (Wildman–Crippen LogP) is 4.64. The van der Waals surface area contributed by atoms with Crippen molar-refractivity contribution >= 4 is 31.9 Å². The monoisotopic (exact) mass is 376 g/mol. The molecule has 2 rings (SSSR count). The van der Waals surface area contributed by atoms with Crippen molar-refractivity contribution in [3.05, 3.63) is 55.6 Å². The van der Waals surface area contributed by atoms with E-state index in [-0.39, 0.29) is 5.56 Å². The van der Waals surface area contributed by atoms with Crippen LogP contribution in [0.3, 0.4) is 0 Å². The van der Waals surface area contributed by atoms with Crippen LogP contribution in [-0.2, 0) is 0 Å². The first-order chi connectivity index (χ1) is 8.40. The predicted molar refractivity (Wildman–Crippen MR) is 74.0 cm³/mol. The van der Waals surface area contributed by atoms with Crippen molar-refractivity contribution in [1.29, 1.82) is 0 Å². The highest BCUT2D eigenvalue weighted by molar-refractivity contribution is 9.13. The zero-order valence-corrected chi connectivity index (χ0v) is 13.0. The van der Waals surface area contributed by atoms with Crippen LogP contribution in [0.2, 0.25) is 0 Å². The molecule has 0 amide bonds. The van der Waals surface area contributed by atoms with Gasteiger partial charge in [-0.3, -0.25) is 0 Å². The molecule has 0 saturated carbocycles. The molecule has 0 aliphatic heterocycles. The van der Waals surface area contributed by atoms with Gasteiger partial charge in [0.1, 0.15) is 17.7 Å². The fraction of sp³-hybridized carbons (Fsp3) is 0.231. The summed E-state index contributed by atoms with van der Waals surface area (Å²) < 4.78 is 20.4. The van der Waals surface area contributed by atoms with E-state index in [9.17, 15) is 9.50 Å². The van der Waals surface area contributed by atoms with Gasteiger partial charge in [0, 0.05) is 5.56 Å². The van der Waals surface area contributed by atoms with Gasteiger partial charge in [0.25, 0.3) is 0 Å². The van der Waals surface area contributed by atoms with E-state index in [1.807, 2.05) is 13.0 Å². The Morgan fingerprint density at radius 3 is 2.39 bits per heavy atom. The molecule has 96 valence electrons. The van der Waals surface area contributed by atoms with E-state index in [0.717, 1.165) is 5.56 Å². The molecule has 0 spiro atoms. The van der Waals surface area contributed by atoms with Crippen LogP contribution in [0.5, 0.6) is 0 Å². The number of rotatable bonds is 2. The average Bonchev–Trinajstić information content (AvgIpc) is 2.57. The smallest absolute Gasteiger partial charge is 0.183 e. The van der Waals surface area contributed by atoms with Crippen LogP contribution < -0.4 is 0 Å². The molecule has 1 atom stereocenters. The van der Waals surface area contributed by atoms with E-state index in [1.54, 1.807) is 13.0 Å². The molecule has 2 aromatic rings. The van der Waals surface area contributed by atoms with Crippen LogP contribution in [0.15, 0.2) is 31.8 Å². The maximum atomic E-state index is 13.9. The summed E-state index contributed by atoms with van der Waals surface area (Å²) in [7, 11) is 0. The van der Waals surface area contributed by atoms with Crippen molar-refractivity contribution < 1.29 is 13.9 Å². The molecule has 1 N–H and O–H groups in total. The number of benzene rings is 1. The fourth-order valence-corrected chi connectivity index (χ4v) is 2.52. The summed E-state index contributed by atoms with van der Waals surface area (Å²) in [5.41, 5.74) is 1.76. The van der Waals surface area contributed by atoms with Gasteiger partial charge >= 0.3 is 0 Å². The molecular formula is C13H11Br2FO2. The lowest BCUT2D eigenvalue weighted by atomic mass is 9.99. The summed E-state index contributed by atoms with van der Waals surface area (Å²) in [5, 5.41) is 10.2. The number of aryl methyl sites for hydroxylation is 2. The number of aliphatic hydroxyl groups excluding tert-OH is 1.